The largest absolute Gasteiger partial charge is 0.270 e. The van der Waals surface area contributed by atoms with Gasteiger partial charge in [0.2, 0.25) is 0 Å². The van der Waals surface area contributed by atoms with Crippen molar-refractivity contribution in [3.8, 4) is 0 Å². The maximum absolute atomic E-state index is 12.9. The lowest BCUT2D eigenvalue weighted by atomic mass is 10.0. The zero-order chi connectivity index (χ0) is 18.1. The first-order valence-corrected chi connectivity index (χ1v) is 8.92. The van der Waals surface area contributed by atoms with E-state index in [1.807, 2.05) is 12.1 Å². The molecule has 0 saturated heterocycles. The second kappa shape index (κ2) is 6.60. The lowest BCUT2D eigenvalue weighted by molar-refractivity contribution is -0.385. The van der Waals surface area contributed by atoms with Gasteiger partial charge >= 0.3 is 0 Å². The third-order valence-electron chi connectivity index (χ3n) is 3.94. The SMILES string of the molecule is Cc1ccc([N+](=O)[O-])cc1S(=O)(=O)N(C)c1ccc(C(C)C)cc1. The van der Waals surface area contributed by atoms with Crippen molar-refractivity contribution >= 4 is 21.4 Å². The molecule has 0 aliphatic heterocycles. The van der Waals surface area contributed by atoms with Gasteiger partial charge in [-0.25, -0.2) is 8.42 Å². The zero-order valence-electron chi connectivity index (χ0n) is 14.1. The number of benzene rings is 2. The topological polar surface area (TPSA) is 80.5 Å². The molecule has 0 saturated carbocycles. The molecule has 0 bridgehead atoms. The Balaban J connectivity index is 2.46. The van der Waals surface area contributed by atoms with Gasteiger partial charge in [-0.3, -0.25) is 14.4 Å². The predicted octanol–water partition coefficient (Wildman–Crippen LogP) is 3.85. The molecule has 0 spiro atoms. The number of anilines is 1. The number of hydrogen-bond donors (Lipinski definition) is 0. The van der Waals surface area contributed by atoms with Crippen LogP contribution in [0.1, 0.15) is 30.9 Å². The van der Waals surface area contributed by atoms with Crippen LogP contribution in [0.3, 0.4) is 0 Å². The average Bonchev–Trinajstić information content (AvgIpc) is 2.54. The third kappa shape index (κ3) is 3.41. The van der Waals surface area contributed by atoms with Gasteiger partial charge in [0.05, 0.1) is 15.5 Å². The standard InChI is InChI=1S/C17H20N2O4S/c1-12(2)14-6-9-15(10-7-14)18(4)24(22,23)17-11-16(19(20)21)8-5-13(17)3/h5-12H,1-4H3. The van der Waals surface area contributed by atoms with Gasteiger partial charge in [0.1, 0.15) is 0 Å². The minimum absolute atomic E-state index is 0.0628. The number of hydrogen-bond acceptors (Lipinski definition) is 4. The monoisotopic (exact) mass is 348 g/mol. The highest BCUT2D eigenvalue weighted by molar-refractivity contribution is 7.92. The van der Waals surface area contributed by atoms with E-state index in [2.05, 4.69) is 13.8 Å². The van der Waals surface area contributed by atoms with Crippen LogP contribution in [0.4, 0.5) is 11.4 Å². The van der Waals surface area contributed by atoms with E-state index in [0.29, 0.717) is 17.2 Å². The Labute approximate surface area is 141 Å². The Morgan fingerprint density at radius 2 is 1.67 bits per heavy atom. The summed E-state index contributed by atoms with van der Waals surface area (Å²) >= 11 is 0. The van der Waals surface area contributed by atoms with Crippen LogP contribution in [0.2, 0.25) is 0 Å². The van der Waals surface area contributed by atoms with Gasteiger partial charge < -0.3 is 0 Å². The molecule has 0 aromatic heterocycles. The lowest BCUT2D eigenvalue weighted by Crippen LogP contribution is -2.27. The molecule has 0 N–H and O–H groups in total. The van der Waals surface area contributed by atoms with Crippen LogP contribution in [-0.4, -0.2) is 20.4 Å². The number of nitro groups is 1. The summed E-state index contributed by atoms with van der Waals surface area (Å²) < 4.78 is 26.8. The zero-order valence-corrected chi connectivity index (χ0v) is 14.9. The quantitative estimate of drug-likeness (QED) is 0.607. The van der Waals surface area contributed by atoms with Crippen LogP contribution < -0.4 is 4.31 Å². The summed E-state index contributed by atoms with van der Waals surface area (Å²) in [5.41, 5.74) is 1.83. The summed E-state index contributed by atoms with van der Waals surface area (Å²) in [4.78, 5) is 10.3. The third-order valence-corrected chi connectivity index (χ3v) is 5.87. The van der Waals surface area contributed by atoms with Crippen LogP contribution in [0, 0.1) is 17.0 Å². The van der Waals surface area contributed by atoms with Gasteiger partial charge in [-0.05, 0) is 36.1 Å². The van der Waals surface area contributed by atoms with E-state index in [1.165, 1.54) is 19.2 Å². The molecule has 0 aliphatic carbocycles. The van der Waals surface area contributed by atoms with E-state index < -0.39 is 14.9 Å². The number of aryl methyl sites for hydroxylation is 1. The van der Waals surface area contributed by atoms with Crippen molar-refractivity contribution in [2.24, 2.45) is 0 Å². The van der Waals surface area contributed by atoms with Gasteiger partial charge in [-0.15, -0.1) is 0 Å². The summed E-state index contributed by atoms with van der Waals surface area (Å²) in [5.74, 6) is 0.347. The van der Waals surface area contributed by atoms with Crippen molar-refractivity contribution in [2.75, 3.05) is 11.4 Å². The van der Waals surface area contributed by atoms with Gasteiger partial charge in [0, 0.05) is 19.2 Å². The second-order valence-electron chi connectivity index (χ2n) is 5.93. The Kier molecular flexibility index (Phi) is 4.94. The van der Waals surface area contributed by atoms with Gasteiger partial charge in [-0.2, -0.15) is 0 Å². The fraction of sp³-hybridized carbons (Fsp3) is 0.294. The Morgan fingerprint density at radius 3 is 2.17 bits per heavy atom. The van der Waals surface area contributed by atoms with E-state index >= 15 is 0 Å². The number of nitro benzene ring substituents is 1. The summed E-state index contributed by atoms with van der Waals surface area (Å²) in [5, 5.41) is 10.9. The fourth-order valence-electron chi connectivity index (χ4n) is 2.34. The Morgan fingerprint density at radius 1 is 1.08 bits per heavy atom. The highest BCUT2D eigenvalue weighted by Gasteiger charge is 2.25. The first-order chi connectivity index (χ1) is 11.1. The number of nitrogens with zero attached hydrogens (tertiary/aromatic N) is 2. The van der Waals surface area contributed by atoms with E-state index in [0.717, 1.165) is 15.9 Å². The molecular formula is C17H20N2O4S. The van der Waals surface area contributed by atoms with Crippen molar-refractivity contribution < 1.29 is 13.3 Å². The Hall–Kier alpha value is -2.41. The smallest absolute Gasteiger partial charge is 0.269 e. The van der Waals surface area contributed by atoms with Crippen molar-refractivity contribution in [3.05, 3.63) is 63.7 Å². The van der Waals surface area contributed by atoms with Gasteiger partial charge in [0.15, 0.2) is 0 Å². The first kappa shape index (κ1) is 17.9. The van der Waals surface area contributed by atoms with Crippen LogP contribution in [0.25, 0.3) is 0 Å². The summed E-state index contributed by atoms with van der Waals surface area (Å²) in [6.07, 6.45) is 0. The molecule has 7 heteroatoms. The molecule has 0 atom stereocenters. The van der Waals surface area contributed by atoms with E-state index in [4.69, 9.17) is 0 Å². The van der Waals surface area contributed by atoms with E-state index in [-0.39, 0.29) is 10.6 Å². The molecule has 0 amide bonds. The lowest BCUT2D eigenvalue weighted by Gasteiger charge is -2.21. The number of rotatable bonds is 5. The molecule has 6 nitrogen and oxygen atoms in total. The Bertz CT molecular complexity index is 859. The molecule has 24 heavy (non-hydrogen) atoms. The van der Waals surface area contributed by atoms with Crippen LogP contribution >= 0.6 is 0 Å². The predicted molar refractivity (Wildman–Crippen MR) is 94.0 cm³/mol. The summed E-state index contributed by atoms with van der Waals surface area (Å²) in [7, 11) is -2.44. The van der Waals surface area contributed by atoms with Gasteiger partial charge in [-0.1, -0.05) is 32.0 Å². The first-order valence-electron chi connectivity index (χ1n) is 7.48. The highest BCUT2D eigenvalue weighted by Crippen LogP contribution is 2.28. The molecular weight excluding hydrogens is 328 g/mol. The average molecular weight is 348 g/mol. The molecule has 0 fully saturated rings. The van der Waals surface area contributed by atoms with Crippen molar-refractivity contribution in [3.63, 3.8) is 0 Å². The molecule has 0 radical (unpaired) electrons. The number of sulfonamides is 1. The minimum atomic E-state index is -3.88. The molecule has 0 aliphatic rings. The molecule has 2 aromatic rings. The normalized spacial score (nSPS) is 11.5. The van der Waals surface area contributed by atoms with E-state index in [1.54, 1.807) is 19.1 Å². The molecule has 0 unspecified atom stereocenters. The molecule has 128 valence electrons. The maximum atomic E-state index is 12.9. The van der Waals surface area contributed by atoms with Crippen molar-refractivity contribution in [2.45, 2.75) is 31.6 Å². The van der Waals surface area contributed by atoms with Crippen LogP contribution in [0.5, 0.6) is 0 Å². The molecule has 0 heterocycles. The maximum Gasteiger partial charge on any atom is 0.270 e. The van der Waals surface area contributed by atoms with Crippen LogP contribution in [0.15, 0.2) is 47.4 Å². The van der Waals surface area contributed by atoms with Crippen LogP contribution in [-0.2, 0) is 10.0 Å². The summed E-state index contributed by atoms with van der Waals surface area (Å²) in [6, 6.07) is 11.1. The number of non-ortho nitro benzene ring substituents is 1. The van der Waals surface area contributed by atoms with Crippen molar-refractivity contribution in [1.82, 2.24) is 0 Å². The second-order valence-corrected chi connectivity index (χ2v) is 7.86. The highest BCUT2D eigenvalue weighted by atomic mass is 32.2. The molecule has 2 aromatic carbocycles. The minimum Gasteiger partial charge on any atom is -0.269 e. The van der Waals surface area contributed by atoms with Crippen molar-refractivity contribution in [1.29, 1.82) is 0 Å². The van der Waals surface area contributed by atoms with Gasteiger partial charge in [0.25, 0.3) is 15.7 Å². The molecule has 2 rings (SSSR count). The summed E-state index contributed by atoms with van der Waals surface area (Å²) in [6.45, 7) is 5.73. The fourth-order valence-corrected chi connectivity index (χ4v) is 3.77. The van der Waals surface area contributed by atoms with E-state index in [9.17, 15) is 18.5 Å².